The number of carbonyl (C=O) groups is 1. The maximum Gasteiger partial charge on any atom is 0.253 e. The Kier molecular flexibility index (Phi) is 4.97. The summed E-state index contributed by atoms with van der Waals surface area (Å²) in [5, 5.41) is 2.81. The number of aryl methyl sites for hydroxylation is 1. The van der Waals surface area contributed by atoms with Gasteiger partial charge < -0.3 is 15.8 Å². The van der Waals surface area contributed by atoms with Crippen LogP contribution < -0.4 is 11.1 Å². The smallest absolute Gasteiger partial charge is 0.253 e. The third-order valence-corrected chi connectivity index (χ3v) is 2.45. The number of nitrogen functional groups attached to an aromatic ring is 1. The number of rotatable bonds is 5. The van der Waals surface area contributed by atoms with E-state index in [0.29, 0.717) is 24.4 Å². The molecule has 4 nitrogen and oxygen atoms in total. The summed E-state index contributed by atoms with van der Waals surface area (Å²) in [5.74, 6) is -0.155. The molecular weight excluding hydrogens is 216 g/mol. The summed E-state index contributed by atoms with van der Waals surface area (Å²) in [6.07, 6.45) is 0.00924. The van der Waals surface area contributed by atoms with Crippen LogP contribution in [0.5, 0.6) is 0 Å². The van der Waals surface area contributed by atoms with Crippen LogP contribution in [0.4, 0.5) is 5.69 Å². The van der Waals surface area contributed by atoms with Gasteiger partial charge in [-0.15, -0.1) is 0 Å². The highest BCUT2D eigenvalue weighted by molar-refractivity contribution is 5.99. The number of nitrogens with two attached hydrogens (primary N) is 1. The number of ether oxygens (including phenoxy) is 1. The lowest BCUT2D eigenvalue weighted by Crippen LogP contribution is -2.32. The number of hydrogen-bond donors (Lipinski definition) is 2. The zero-order valence-electron chi connectivity index (χ0n) is 10.6. The molecule has 0 spiro atoms. The van der Waals surface area contributed by atoms with Crippen molar-refractivity contribution >= 4 is 11.6 Å². The highest BCUT2D eigenvalue weighted by atomic mass is 16.5. The molecule has 4 heteroatoms. The highest BCUT2D eigenvalue weighted by Crippen LogP contribution is 2.13. The SMILES string of the molecule is CCOC(C)CNC(=O)c1cc(C)ccc1N. The predicted octanol–water partition coefficient (Wildman–Crippen LogP) is 1.73. The van der Waals surface area contributed by atoms with Crippen LogP contribution in [-0.2, 0) is 4.74 Å². The summed E-state index contributed by atoms with van der Waals surface area (Å²) >= 11 is 0. The van der Waals surface area contributed by atoms with Crippen LogP contribution in [0.2, 0.25) is 0 Å². The second-order valence-electron chi connectivity index (χ2n) is 4.07. The van der Waals surface area contributed by atoms with Crippen molar-refractivity contribution in [2.75, 3.05) is 18.9 Å². The number of nitrogens with one attached hydrogen (secondary N) is 1. The maximum atomic E-state index is 11.9. The third-order valence-electron chi connectivity index (χ3n) is 2.45. The van der Waals surface area contributed by atoms with Crippen molar-refractivity contribution in [3.8, 4) is 0 Å². The van der Waals surface area contributed by atoms with E-state index in [1.807, 2.05) is 26.8 Å². The first kappa shape index (κ1) is 13.5. The van der Waals surface area contributed by atoms with E-state index >= 15 is 0 Å². The van der Waals surface area contributed by atoms with E-state index in [0.717, 1.165) is 5.56 Å². The Balaban J connectivity index is 2.61. The Morgan fingerprint density at radius 3 is 2.88 bits per heavy atom. The molecule has 0 fully saturated rings. The highest BCUT2D eigenvalue weighted by Gasteiger charge is 2.10. The van der Waals surface area contributed by atoms with Crippen LogP contribution >= 0.6 is 0 Å². The lowest BCUT2D eigenvalue weighted by Gasteiger charge is -2.13. The Bertz CT molecular complexity index is 391. The molecule has 0 radical (unpaired) electrons. The Labute approximate surface area is 102 Å². The van der Waals surface area contributed by atoms with Crippen molar-refractivity contribution in [3.63, 3.8) is 0 Å². The molecule has 1 rings (SSSR count). The van der Waals surface area contributed by atoms with Gasteiger partial charge in [-0.1, -0.05) is 11.6 Å². The zero-order chi connectivity index (χ0) is 12.8. The summed E-state index contributed by atoms with van der Waals surface area (Å²) in [5.41, 5.74) is 7.80. The molecular formula is C13H20N2O2. The second kappa shape index (κ2) is 6.25. The van der Waals surface area contributed by atoms with Crippen LogP contribution in [0.25, 0.3) is 0 Å². The molecule has 0 heterocycles. The monoisotopic (exact) mass is 236 g/mol. The fourth-order valence-corrected chi connectivity index (χ4v) is 1.54. The van der Waals surface area contributed by atoms with Crippen molar-refractivity contribution in [3.05, 3.63) is 29.3 Å². The molecule has 1 unspecified atom stereocenters. The summed E-state index contributed by atoms with van der Waals surface area (Å²) in [6, 6.07) is 5.42. The molecule has 0 saturated heterocycles. The molecule has 3 N–H and O–H groups in total. The molecule has 0 bridgehead atoms. The van der Waals surface area contributed by atoms with Gasteiger partial charge in [0.05, 0.1) is 11.7 Å². The summed E-state index contributed by atoms with van der Waals surface area (Å²) in [4.78, 5) is 11.9. The normalized spacial score (nSPS) is 12.2. The van der Waals surface area contributed by atoms with Crippen molar-refractivity contribution in [1.29, 1.82) is 0 Å². The van der Waals surface area contributed by atoms with E-state index in [1.54, 1.807) is 12.1 Å². The van der Waals surface area contributed by atoms with E-state index in [4.69, 9.17) is 10.5 Å². The summed E-state index contributed by atoms with van der Waals surface area (Å²) in [7, 11) is 0. The van der Waals surface area contributed by atoms with Crippen LogP contribution in [0.3, 0.4) is 0 Å². The second-order valence-corrected chi connectivity index (χ2v) is 4.07. The van der Waals surface area contributed by atoms with Crippen molar-refractivity contribution in [1.82, 2.24) is 5.32 Å². The molecule has 1 aromatic rings. The van der Waals surface area contributed by atoms with Crippen LogP contribution in [-0.4, -0.2) is 25.2 Å². The van der Waals surface area contributed by atoms with Gasteiger partial charge in [-0.05, 0) is 32.9 Å². The first-order valence-electron chi connectivity index (χ1n) is 5.80. The average molecular weight is 236 g/mol. The minimum Gasteiger partial charge on any atom is -0.398 e. The standard InChI is InChI=1S/C13H20N2O2/c1-4-17-10(3)8-15-13(16)11-7-9(2)5-6-12(11)14/h5-7,10H,4,8,14H2,1-3H3,(H,15,16). The van der Waals surface area contributed by atoms with Crippen LogP contribution in [0.1, 0.15) is 29.8 Å². The number of benzene rings is 1. The average Bonchev–Trinajstić information content (AvgIpc) is 2.29. The lowest BCUT2D eigenvalue weighted by atomic mass is 10.1. The molecule has 1 aromatic carbocycles. The van der Waals surface area contributed by atoms with Crippen LogP contribution in [0, 0.1) is 6.92 Å². The van der Waals surface area contributed by atoms with Gasteiger partial charge in [0, 0.05) is 18.8 Å². The van der Waals surface area contributed by atoms with Gasteiger partial charge in [-0.3, -0.25) is 4.79 Å². The Hall–Kier alpha value is -1.55. The minimum atomic E-state index is -0.155. The number of carbonyl (C=O) groups excluding carboxylic acids is 1. The predicted molar refractivity (Wildman–Crippen MR) is 69.0 cm³/mol. The zero-order valence-corrected chi connectivity index (χ0v) is 10.6. The van der Waals surface area contributed by atoms with Gasteiger partial charge in [-0.2, -0.15) is 0 Å². The number of amides is 1. The van der Waals surface area contributed by atoms with E-state index in [-0.39, 0.29) is 12.0 Å². The number of anilines is 1. The first-order chi connectivity index (χ1) is 8.04. The van der Waals surface area contributed by atoms with Crippen LogP contribution in [0.15, 0.2) is 18.2 Å². The quantitative estimate of drug-likeness (QED) is 0.765. The molecule has 0 saturated carbocycles. The van der Waals surface area contributed by atoms with Gasteiger partial charge in [0.25, 0.3) is 5.91 Å². The lowest BCUT2D eigenvalue weighted by molar-refractivity contribution is 0.0695. The van der Waals surface area contributed by atoms with E-state index in [9.17, 15) is 4.79 Å². The summed E-state index contributed by atoms with van der Waals surface area (Å²) < 4.78 is 5.34. The van der Waals surface area contributed by atoms with Gasteiger partial charge in [0.1, 0.15) is 0 Å². The van der Waals surface area contributed by atoms with Gasteiger partial charge in [-0.25, -0.2) is 0 Å². The molecule has 1 amide bonds. The first-order valence-corrected chi connectivity index (χ1v) is 5.80. The molecule has 17 heavy (non-hydrogen) atoms. The number of hydrogen-bond acceptors (Lipinski definition) is 3. The van der Waals surface area contributed by atoms with Gasteiger partial charge in [0.15, 0.2) is 0 Å². The molecule has 0 aromatic heterocycles. The topological polar surface area (TPSA) is 64.3 Å². The largest absolute Gasteiger partial charge is 0.398 e. The Morgan fingerprint density at radius 2 is 2.24 bits per heavy atom. The molecule has 0 aliphatic rings. The van der Waals surface area contributed by atoms with Gasteiger partial charge in [0.2, 0.25) is 0 Å². The van der Waals surface area contributed by atoms with E-state index in [1.165, 1.54) is 0 Å². The van der Waals surface area contributed by atoms with E-state index in [2.05, 4.69) is 5.32 Å². The molecule has 0 aliphatic heterocycles. The van der Waals surface area contributed by atoms with E-state index < -0.39 is 0 Å². The third kappa shape index (κ3) is 4.07. The fraction of sp³-hybridized carbons (Fsp3) is 0.462. The molecule has 94 valence electrons. The fourth-order valence-electron chi connectivity index (χ4n) is 1.54. The van der Waals surface area contributed by atoms with Crippen molar-refractivity contribution < 1.29 is 9.53 Å². The molecule has 1 atom stereocenters. The Morgan fingerprint density at radius 1 is 1.53 bits per heavy atom. The minimum absolute atomic E-state index is 0.00924. The van der Waals surface area contributed by atoms with Crippen molar-refractivity contribution in [2.24, 2.45) is 0 Å². The van der Waals surface area contributed by atoms with Crippen molar-refractivity contribution in [2.45, 2.75) is 26.9 Å². The van der Waals surface area contributed by atoms with Gasteiger partial charge >= 0.3 is 0 Å². The molecule has 0 aliphatic carbocycles. The summed E-state index contributed by atoms with van der Waals surface area (Å²) in [6.45, 7) is 6.91. The maximum absolute atomic E-state index is 11.9.